The van der Waals surface area contributed by atoms with Gasteiger partial charge in [-0.3, -0.25) is 0 Å². The third kappa shape index (κ3) is 8.04. The Hall–Kier alpha value is 0. The molecule has 0 aromatic carbocycles. The minimum absolute atomic E-state index is 0.834. The first kappa shape index (κ1) is 33.4. The molecule has 11 atom stereocenters. The zero-order valence-electron chi connectivity index (χ0n) is 29.6. The zero-order valence-corrected chi connectivity index (χ0v) is 29.6. The SMILES string of the molecule is CCC(CCCC1CCC(C)C(C2CCC(C3CCCC4CCCCC43)CC2)C2CCCCC12)C(C)CC(C)C(C)C. The van der Waals surface area contributed by atoms with Gasteiger partial charge >= 0.3 is 0 Å². The number of fused-ring (bicyclic) bond motifs is 2. The number of hydrogen-bond acceptors (Lipinski definition) is 0. The van der Waals surface area contributed by atoms with Gasteiger partial charge in [0.2, 0.25) is 0 Å². The summed E-state index contributed by atoms with van der Waals surface area (Å²) in [6.45, 7) is 15.1. The standard InChI is InChI=1S/C42H76/c1-7-33(32(6)28-31(5)29(2)3)15-12-16-35-23-22-30(4)42(41-20-11-10-19-40(35)41)37-26-24-36(25-27-37)39-21-13-17-34-14-8-9-18-38(34)39/h29-42H,7-28H2,1-6H3. The van der Waals surface area contributed by atoms with Crippen LogP contribution in [0.4, 0.5) is 0 Å². The molecule has 0 spiro atoms. The molecule has 0 heterocycles. The highest BCUT2D eigenvalue weighted by atomic mass is 14.5. The van der Waals surface area contributed by atoms with E-state index in [-0.39, 0.29) is 0 Å². The van der Waals surface area contributed by atoms with Crippen molar-refractivity contribution in [3.05, 3.63) is 0 Å². The topological polar surface area (TPSA) is 0 Å². The minimum Gasteiger partial charge on any atom is -0.0651 e. The predicted molar refractivity (Wildman–Crippen MR) is 184 cm³/mol. The van der Waals surface area contributed by atoms with E-state index in [2.05, 4.69) is 41.5 Å². The molecule has 5 rings (SSSR count). The molecule has 11 unspecified atom stereocenters. The number of rotatable bonds is 11. The summed E-state index contributed by atoms with van der Waals surface area (Å²) in [5.74, 6) is 14.4. The maximum atomic E-state index is 2.73. The smallest absolute Gasteiger partial charge is 0.0329 e. The summed E-state index contributed by atoms with van der Waals surface area (Å²) in [5, 5.41) is 0. The molecule has 0 aromatic rings. The fraction of sp³-hybridized carbons (Fsp3) is 1.00. The Bertz CT molecular complexity index is 756. The van der Waals surface area contributed by atoms with Crippen LogP contribution in [0.2, 0.25) is 0 Å². The monoisotopic (exact) mass is 581 g/mol. The van der Waals surface area contributed by atoms with Crippen LogP contribution < -0.4 is 0 Å². The van der Waals surface area contributed by atoms with E-state index in [0.29, 0.717) is 0 Å². The van der Waals surface area contributed by atoms with Crippen molar-refractivity contribution in [3.8, 4) is 0 Å². The molecule has 0 nitrogen and oxygen atoms in total. The van der Waals surface area contributed by atoms with E-state index in [1.807, 2.05) is 0 Å². The van der Waals surface area contributed by atoms with E-state index in [9.17, 15) is 0 Å². The van der Waals surface area contributed by atoms with Gasteiger partial charge in [0, 0.05) is 0 Å². The van der Waals surface area contributed by atoms with Gasteiger partial charge in [0.05, 0.1) is 0 Å². The van der Waals surface area contributed by atoms with Gasteiger partial charge in [-0.2, -0.15) is 0 Å². The molecule has 0 N–H and O–H groups in total. The zero-order chi connectivity index (χ0) is 29.6. The van der Waals surface area contributed by atoms with Crippen LogP contribution in [0.5, 0.6) is 0 Å². The summed E-state index contributed by atoms with van der Waals surface area (Å²) in [6, 6.07) is 0. The van der Waals surface area contributed by atoms with Crippen LogP contribution in [-0.2, 0) is 0 Å². The van der Waals surface area contributed by atoms with Crippen molar-refractivity contribution in [3.63, 3.8) is 0 Å². The highest BCUT2D eigenvalue weighted by molar-refractivity contribution is 4.96. The lowest BCUT2D eigenvalue weighted by atomic mass is 9.56. The second-order valence-electron chi connectivity index (χ2n) is 18.0. The molecular formula is C42H76. The lowest BCUT2D eigenvalue weighted by molar-refractivity contribution is 0.0115. The molecule has 5 fully saturated rings. The highest BCUT2D eigenvalue weighted by Crippen LogP contribution is 2.55. The Morgan fingerprint density at radius 2 is 1.12 bits per heavy atom. The Labute approximate surface area is 265 Å². The Morgan fingerprint density at radius 1 is 0.548 bits per heavy atom. The van der Waals surface area contributed by atoms with E-state index in [4.69, 9.17) is 0 Å². The summed E-state index contributed by atoms with van der Waals surface area (Å²) in [6.07, 6.45) is 34.2. The van der Waals surface area contributed by atoms with E-state index >= 15 is 0 Å². The molecule has 244 valence electrons. The third-order valence-corrected chi connectivity index (χ3v) is 15.6. The van der Waals surface area contributed by atoms with Gasteiger partial charge in [-0.15, -0.1) is 0 Å². The summed E-state index contributed by atoms with van der Waals surface area (Å²) < 4.78 is 0. The van der Waals surface area contributed by atoms with Crippen LogP contribution in [0.1, 0.15) is 183 Å². The molecule has 42 heavy (non-hydrogen) atoms. The summed E-state index contributed by atoms with van der Waals surface area (Å²) in [7, 11) is 0. The van der Waals surface area contributed by atoms with Gasteiger partial charge in [-0.05, 0) is 147 Å². The second kappa shape index (κ2) is 16.0. The fourth-order valence-electron chi connectivity index (χ4n) is 12.8. The van der Waals surface area contributed by atoms with Crippen LogP contribution in [0, 0.1) is 82.9 Å². The van der Waals surface area contributed by atoms with Crippen molar-refractivity contribution >= 4 is 0 Å². The molecule has 0 amide bonds. The largest absolute Gasteiger partial charge is 0.0651 e. The average molecular weight is 581 g/mol. The van der Waals surface area contributed by atoms with Crippen LogP contribution >= 0.6 is 0 Å². The normalized spacial score (nSPS) is 41.8. The first-order valence-electron chi connectivity index (χ1n) is 20.4. The van der Waals surface area contributed by atoms with Crippen molar-refractivity contribution in [2.45, 2.75) is 183 Å². The summed E-state index contributed by atoms with van der Waals surface area (Å²) in [5.41, 5.74) is 0. The van der Waals surface area contributed by atoms with Gasteiger partial charge in [-0.1, -0.05) is 119 Å². The Kier molecular flexibility index (Phi) is 12.7. The minimum atomic E-state index is 0.834. The maximum Gasteiger partial charge on any atom is -0.0329 e. The highest BCUT2D eigenvalue weighted by Gasteiger charge is 2.46. The third-order valence-electron chi connectivity index (χ3n) is 15.6. The lowest BCUT2D eigenvalue weighted by Crippen LogP contribution is -2.40. The fourth-order valence-corrected chi connectivity index (χ4v) is 12.8. The van der Waals surface area contributed by atoms with Crippen molar-refractivity contribution in [2.24, 2.45) is 82.9 Å². The predicted octanol–water partition coefficient (Wildman–Crippen LogP) is 13.4. The van der Waals surface area contributed by atoms with Gasteiger partial charge in [0.1, 0.15) is 0 Å². The van der Waals surface area contributed by atoms with Gasteiger partial charge < -0.3 is 0 Å². The van der Waals surface area contributed by atoms with Crippen LogP contribution in [0.25, 0.3) is 0 Å². The van der Waals surface area contributed by atoms with E-state index in [1.165, 1.54) is 32.1 Å². The summed E-state index contributed by atoms with van der Waals surface area (Å²) >= 11 is 0. The van der Waals surface area contributed by atoms with Gasteiger partial charge in [0.15, 0.2) is 0 Å². The van der Waals surface area contributed by atoms with E-state index in [0.717, 1.165) is 82.9 Å². The van der Waals surface area contributed by atoms with Crippen molar-refractivity contribution < 1.29 is 0 Å². The first-order valence-corrected chi connectivity index (χ1v) is 20.4. The maximum absolute atomic E-state index is 2.73. The van der Waals surface area contributed by atoms with Crippen molar-refractivity contribution in [1.82, 2.24) is 0 Å². The molecule has 0 aromatic heterocycles. The summed E-state index contributed by atoms with van der Waals surface area (Å²) in [4.78, 5) is 0. The van der Waals surface area contributed by atoms with Crippen LogP contribution in [0.3, 0.4) is 0 Å². The van der Waals surface area contributed by atoms with E-state index < -0.39 is 0 Å². The van der Waals surface area contributed by atoms with Crippen LogP contribution in [-0.4, -0.2) is 0 Å². The quantitative estimate of drug-likeness (QED) is 0.228. The molecule has 0 saturated heterocycles. The Balaban J connectivity index is 1.16. The average Bonchev–Trinajstić information content (AvgIpc) is 3.14. The molecule has 0 heteroatoms. The van der Waals surface area contributed by atoms with Crippen LogP contribution in [0.15, 0.2) is 0 Å². The molecule has 5 saturated carbocycles. The molecular weight excluding hydrogens is 504 g/mol. The molecule has 5 aliphatic rings. The Morgan fingerprint density at radius 3 is 1.81 bits per heavy atom. The van der Waals surface area contributed by atoms with Gasteiger partial charge in [-0.25, -0.2) is 0 Å². The molecule has 0 radical (unpaired) electrons. The van der Waals surface area contributed by atoms with Crippen molar-refractivity contribution in [1.29, 1.82) is 0 Å². The molecule has 0 aliphatic heterocycles. The number of hydrogen-bond donors (Lipinski definition) is 0. The molecule has 5 aliphatic carbocycles. The lowest BCUT2D eigenvalue weighted by Gasteiger charge is -2.49. The molecule has 0 bridgehead atoms. The van der Waals surface area contributed by atoms with E-state index in [1.54, 1.807) is 109 Å². The van der Waals surface area contributed by atoms with Gasteiger partial charge in [0.25, 0.3) is 0 Å². The first-order chi connectivity index (χ1) is 20.4. The van der Waals surface area contributed by atoms with Crippen molar-refractivity contribution in [2.75, 3.05) is 0 Å². The second-order valence-corrected chi connectivity index (χ2v) is 18.0.